The molecular formula is C19H27N3O2. The Morgan fingerprint density at radius 2 is 1.92 bits per heavy atom. The maximum atomic E-state index is 12.2. The number of hydrogen-bond donors (Lipinski definition) is 1. The molecule has 2 amide bonds. The predicted octanol–water partition coefficient (Wildman–Crippen LogP) is 2.15. The molecule has 0 radical (unpaired) electrons. The van der Waals surface area contributed by atoms with Gasteiger partial charge in [0.25, 0.3) is 0 Å². The second-order valence-corrected chi connectivity index (χ2v) is 6.89. The number of carbonyl (C=O) groups is 2. The van der Waals surface area contributed by atoms with Gasteiger partial charge < -0.3 is 10.6 Å². The van der Waals surface area contributed by atoms with Crippen molar-refractivity contribution >= 4 is 11.8 Å². The normalized spacial score (nSPS) is 24.5. The van der Waals surface area contributed by atoms with Gasteiger partial charge in [-0.15, -0.1) is 0 Å². The van der Waals surface area contributed by atoms with Crippen LogP contribution >= 0.6 is 0 Å². The second kappa shape index (κ2) is 7.34. The van der Waals surface area contributed by atoms with E-state index in [2.05, 4.69) is 9.80 Å². The fourth-order valence-corrected chi connectivity index (χ4v) is 4.25. The highest BCUT2D eigenvalue weighted by molar-refractivity contribution is 5.92. The summed E-state index contributed by atoms with van der Waals surface area (Å²) >= 11 is 0. The minimum atomic E-state index is -0.384. The van der Waals surface area contributed by atoms with Crippen LogP contribution < -0.4 is 5.73 Å². The van der Waals surface area contributed by atoms with Crippen LogP contribution in [0.5, 0.6) is 0 Å². The van der Waals surface area contributed by atoms with Crippen molar-refractivity contribution in [1.82, 2.24) is 9.80 Å². The van der Waals surface area contributed by atoms with E-state index in [4.69, 9.17) is 5.73 Å². The van der Waals surface area contributed by atoms with E-state index in [0.717, 1.165) is 44.5 Å². The fourth-order valence-electron chi connectivity index (χ4n) is 4.25. The third-order valence-electron chi connectivity index (χ3n) is 5.38. The molecule has 0 unspecified atom stereocenters. The van der Waals surface area contributed by atoms with Crippen LogP contribution in [-0.2, 0) is 11.3 Å². The van der Waals surface area contributed by atoms with Crippen molar-refractivity contribution in [1.29, 1.82) is 0 Å². The first kappa shape index (κ1) is 17.0. The molecule has 0 aliphatic carbocycles. The summed E-state index contributed by atoms with van der Waals surface area (Å²) in [5.41, 5.74) is 7.07. The van der Waals surface area contributed by atoms with Crippen molar-refractivity contribution in [3.05, 3.63) is 35.4 Å². The molecule has 2 aliphatic rings. The largest absolute Gasteiger partial charge is 0.366 e. The zero-order valence-electron chi connectivity index (χ0n) is 14.4. The number of hydrogen-bond acceptors (Lipinski definition) is 3. The molecule has 1 aromatic carbocycles. The van der Waals surface area contributed by atoms with Crippen LogP contribution in [0.3, 0.4) is 0 Å². The Bertz CT molecular complexity index is 616. The van der Waals surface area contributed by atoms with Gasteiger partial charge in [-0.2, -0.15) is 0 Å². The third kappa shape index (κ3) is 3.46. The molecule has 130 valence electrons. The highest BCUT2D eigenvalue weighted by Crippen LogP contribution is 2.31. The Morgan fingerprint density at radius 1 is 1.17 bits per heavy atom. The molecule has 2 heterocycles. The minimum absolute atomic E-state index is 0.278. The van der Waals surface area contributed by atoms with Gasteiger partial charge in [-0.1, -0.05) is 19.1 Å². The molecule has 0 aromatic heterocycles. The minimum Gasteiger partial charge on any atom is -0.366 e. The monoisotopic (exact) mass is 329 g/mol. The maximum absolute atomic E-state index is 12.2. The number of amides is 2. The molecule has 3 rings (SSSR count). The smallest absolute Gasteiger partial charge is 0.248 e. The van der Waals surface area contributed by atoms with Crippen LogP contribution in [0.25, 0.3) is 0 Å². The van der Waals surface area contributed by atoms with E-state index in [1.54, 1.807) is 6.07 Å². The van der Waals surface area contributed by atoms with E-state index >= 15 is 0 Å². The molecule has 24 heavy (non-hydrogen) atoms. The van der Waals surface area contributed by atoms with Crippen molar-refractivity contribution in [2.24, 2.45) is 5.73 Å². The van der Waals surface area contributed by atoms with Gasteiger partial charge in [0.15, 0.2) is 0 Å². The number of benzene rings is 1. The van der Waals surface area contributed by atoms with Gasteiger partial charge in [0.2, 0.25) is 11.8 Å². The second-order valence-electron chi connectivity index (χ2n) is 6.89. The lowest BCUT2D eigenvalue weighted by atomic mass is 10.0. The molecule has 0 bridgehead atoms. The number of primary amides is 1. The summed E-state index contributed by atoms with van der Waals surface area (Å²) in [5, 5.41) is 0. The van der Waals surface area contributed by atoms with Crippen molar-refractivity contribution in [2.45, 2.75) is 57.7 Å². The van der Waals surface area contributed by atoms with Crippen LogP contribution in [0, 0.1) is 0 Å². The van der Waals surface area contributed by atoms with Crippen LogP contribution in [0.1, 0.15) is 54.9 Å². The molecule has 2 aliphatic heterocycles. The van der Waals surface area contributed by atoms with E-state index < -0.39 is 0 Å². The molecule has 2 saturated heterocycles. The number of nitrogens with zero attached hydrogens (tertiary/aromatic N) is 2. The summed E-state index contributed by atoms with van der Waals surface area (Å²) in [7, 11) is 0. The lowest BCUT2D eigenvalue weighted by Gasteiger charge is -2.35. The molecule has 5 nitrogen and oxygen atoms in total. The van der Waals surface area contributed by atoms with Gasteiger partial charge in [-0.25, -0.2) is 0 Å². The summed E-state index contributed by atoms with van der Waals surface area (Å²) in [4.78, 5) is 28.2. The Morgan fingerprint density at radius 3 is 2.67 bits per heavy atom. The zero-order valence-corrected chi connectivity index (χ0v) is 14.4. The summed E-state index contributed by atoms with van der Waals surface area (Å²) in [5.74, 6) is -0.106. The molecule has 2 fully saturated rings. The molecule has 5 heteroatoms. The SMILES string of the molecule is CCC(=O)N1CCC[C@H]1[C@@H]1CCCN1Cc1cccc(C(N)=O)c1. The van der Waals surface area contributed by atoms with Crippen LogP contribution in [-0.4, -0.2) is 46.8 Å². The molecule has 0 saturated carbocycles. The molecule has 1 aromatic rings. The van der Waals surface area contributed by atoms with Crippen LogP contribution in [0.2, 0.25) is 0 Å². The topological polar surface area (TPSA) is 66.6 Å². The third-order valence-corrected chi connectivity index (χ3v) is 5.38. The van der Waals surface area contributed by atoms with Gasteiger partial charge in [-0.3, -0.25) is 14.5 Å². The quantitative estimate of drug-likeness (QED) is 0.900. The van der Waals surface area contributed by atoms with E-state index in [9.17, 15) is 9.59 Å². The highest BCUT2D eigenvalue weighted by Gasteiger charge is 2.39. The average molecular weight is 329 g/mol. The molecule has 2 N–H and O–H groups in total. The Hall–Kier alpha value is -1.88. The van der Waals surface area contributed by atoms with Gasteiger partial charge in [0.1, 0.15) is 0 Å². The summed E-state index contributed by atoms with van der Waals surface area (Å²) in [6.07, 6.45) is 5.12. The van der Waals surface area contributed by atoms with Crippen molar-refractivity contribution in [2.75, 3.05) is 13.1 Å². The van der Waals surface area contributed by atoms with Crippen molar-refractivity contribution < 1.29 is 9.59 Å². The van der Waals surface area contributed by atoms with Crippen LogP contribution in [0.4, 0.5) is 0 Å². The first-order valence-corrected chi connectivity index (χ1v) is 9.02. The summed E-state index contributed by atoms with van der Waals surface area (Å²) in [6, 6.07) is 8.36. The number of nitrogens with two attached hydrogens (primary N) is 1. The number of likely N-dealkylation sites (tertiary alicyclic amines) is 2. The van der Waals surface area contributed by atoms with Gasteiger partial charge in [-0.05, 0) is 49.9 Å². The lowest BCUT2D eigenvalue weighted by Crippen LogP contribution is -2.47. The predicted molar refractivity (Wildman–Crippen MR) is 93.4 cm³/mol. The van der Waals surface area contributed by atoms with Gasteiger partial charge in [0.05, 0.1) is 0 Å². The van der Waals surface area contributed by atoms with Gasteiger partial charge in [0, 0.05) is 37.2 Å². The lowest BCUT2D eigenvalue weighted by molar-refractivity contribution is -0.132. The first-order chi connectivity index (χ1) is 11.6. The molecule has 0 spiro atoms. The van der Waals surface area contributed by atoms with Crippen LogP contribution in [0.15, 0.2) is 24.3 Å². The number of carbonyl (C=O) groups excluding carboxylic acids is 2. The van der Waals surface area contributed by atoms with Gasteiger partial charge >= 0.3 is 0 Å². The maximum Gasteiger partial charge on any atom is 0.248 e. The standard InChI is InChI=1S/C19H27N3O2/c1-2-18(23)22-11-5-9-17(22)16-8-4-10-21(16)13-14-6-3-7-15(12-14)19(20)24/h3,6-7,12,16-17H,2,4-5,8-11,13H2,1H3,(H2,20,24)/t16-,17-/m0/s1. The average Bonchev–Trinajstić information content (AvgIpc) is 3.23. The Balaban J connectivity index is 1.73. The Labute approximate surface area is 143 Å². The molecule has 2 atom stereocenters. The molecular weight excluding hydrogens is 302 g/mol. The van der Waals surface area contributed by atoms with E-state index in [1.807, 2.05) is 25.1 Å². The fraction of sp³-hybridized carbons (Fsp3) is 0.579. The summed E-state index contributed by atoms with van der Waals surface area (Å²) < 4.78 is 0. The van der Waals surface area contributed by atoms with Crippen molar-refractivity contribution in [3.8, 4) is 0 Å². The Kier molecular flexibility index (Phi) is 5.19. The zero-order chi connectivity index (χ0) is 17.1. The summed E-state index contributed by atoms with van der Waals surface area (Å²) in [6.45, 7) is 4.71. The highest BCUT2D eigenvalue weighted by atomic mass is 16.2. The van der Waals surface area contributed by atoms with E-state index in [-0.39, 0.29) is 11.8 Å². The van der Waals surface area contributed by atoms with E-state index in [1.165, 1.54) is 6.42 Å². The van der Waals surface area contributed by atoms with E-state index in [0.29, 0.717) is 24.1 Å². The first-order valence-electron chi connectivity index (χ1n) is 9.02. The van der Waals surface area contributed by atoms with Crippen molar-refractivity contribution in [3.63, 3.8) is 0 Å². The number of rotatable bonds is 5.